The second-order valence-corrected chi connectivity index (χ2v) is 7.42. The van der Waals surface area contributed by atoms with Gasteiger partial charge in [0.1, 0.15) is 17.3 Å². The number of guanidine groups is 1. The van der Waals surface area contributed by atoms with Gasteiger partial charge in [-0.3, -0.25) is 4.99 Å². The van der Waals surface area contributed by atoms with Crippen LogP contribution in [0.1, 0.15) is 42.7 Å². The van der Waals surface area contributed by atoms with Crippen LogP contribution in [-0.4, -0.2) is 29.1 Å². The van der Waals surface area contributed by atoms with E-state index in [9.17, 15) is 4.39 Å². The number of benzene rings is 2. The number of rotatable bonds is 5. The minimum Gasteiger partial charge on any atom is -0.370 e. The summed E-state index contributed by atoms with van der Waals surface area (Å²) in [6, 6.07) is 16.8. The molecule has 1 aromatic heterocycles. The molecule has 29 heavy (non-hydrogen) atoms. The molecule has 0 bridgehead atoms. The first-order valence-electron chi connectivity index (χ1n) is 9.97. The van der Waals surface area contributed by atoms with Crippen LogP contribution in [0.2, 0.25) is 0 Å². The van der Waals surface area contributed by atoms with E-state index in [0.717, 1.165) is 42.8 Å². The van der Waals surface area contributed by atoms with Crippen molar-refractivity contribution < 1.29 is 8.91 Å². The standard InChI is InChI=1S/C23H25FN4O/c1-16(18-9-10-20(21(24)13-18)17-7-3-2-4-8-17)22-14-19(27-29-22)15-28-12-6-5-11-26-23(28)25/h2-4,7-10,13-14,16H,5-6,11-12,15H2,1H3,(H2,25,26). The summed E-state index contributed by atoms with van der Waals surface area (Å²) in [4.78, 5) is 6.38. The van der Waals surface area contributed by atoms with Crippen LogP contribution in [0.15, 0.2) is 64.1 Å². The molecule has 1 atom stereocenters. The van der Waals surface area contributed by atoms with Crippen molar-refractivity contribution in [2.24, 2.45) is 10.7 Å². The summed E-state index contributed by atoms with van der Waals surface area (Å²) >= 11 is 0. The van der Waals surface area contributed by atoms with E-state index in [1.807, 2.05) is 60.4 Å². The van der Waals surface area contributed by atoms with Crippen LogP contribution in [0.4, 0.5) is 4.39 Å². The maximum atomic E-state index is 14.7. The van der Waals surface area contributed by atoms with Crippen molar-refractivity contribution in [3.05, 3.63) is 77.4 Å². The van der Waals surface area contributed by atoms with Gasteiger partial charge in [-0.15, -0.1) is 0 Å². The van der Waals surface area contributed by atoms with Crippen molar-refractivity contribution in [2.75, 3.05) is 13.1 Å². The number of nitrogens with zero attached hydrogens (tertiary/aromatic N) is 3. The summed E-state index contributed by atoms with van der Waals surface area (Å²) < 4.78 is 20.3. The van der Waals surface area contributed by atoms with Gasteiger partial charge < -0.3 is 15.2 Å². The zero-order valence-corrected chi connectivity index (χ0v) is 16.5. The Morgan fingerprint density at radius 1 is 1.14 bits per heavy atom. The van der Waals surface area contributed by atoms with Crippen molar-refractivity contribution in [3.8, 4) is 11.1 Å². The summed E-state index contributed by atoms with van der Waals surface area (Å²) in [5.74, 6) is 0.912. The number of hydrogen-bond donors (Lipinski definition) is 1. The van der Waals surface area contributed by atoms with Gasteiger partial charge in [0.2, 0.25) is 0 Å². The highest BCUT2D eigenvalue weighted by atomic mass is 19.1. The average Bonchev–Trinajstić information content (AvgIpc) is 3.11. The molecule has 0 fully saturated rings. The Morgan fingerprint density at radius 2 is 1.97 bits per heavy atom. The third-order valence-electron chi connectivity index (χ3n) is 5.37. The van der Waals surface area contributed by atoms with Crippen LogP contribution in [0.5, 0.6) is 0 Å². The highest BCUT2D eigenvalue weighted by molar-refractivity contribution is 5.78. The summed E-state index contributed by atoms with van der Waals surface area (Å²) in [5.41, 5.74) is 9.14. The Hall–Kier alpha value is -3.15. The van der Waals surface area contributed by atoms with Gasteiger partial charge in [-0.05, 0) is 30.0 Å². The van der Waals surface area contributed by atoms with Gasteiger partial charge in [-0.25, -0.2) is 4.39 Å². The molecule has 2 N–H and O–H groups in total. The predicted octanol–water partition coefficient (Wildman–Crippen LogP) is 4.54. The summed E-state index contributed by atoms with van der Waals surface area (Å²) in [7, 11) is 0. The van der Waals surface area contributed by atoms with E-state index in [1.54, 1.807) is 6.07 Å². The smallest absolute Gasteiger partial charge is 0.191 e. The van der Waals surface area contributed by atoms with Crippen LogP contribution in [0, 0.1) is 5.82 Å². The number of aliphatic imine (C=N–C) groups is 1. The highest BCUT2D eigenvalue weighted by Gasteiger charge is 2.19. The molecular formula is C23H25FN4O. The molecule has 0 saturated carbocycles. The SMILES string of the molecule is CC(c1ccc(-c2ccccc2)c(F)c1)c1cc(CN2CCCCN=C2N)no1. The second kappa shape index (κ2) is 8.47. The van der Waals surface area contributed by atoms with Gasteiger partial charge >= 0.3 is 0 Å². The topological polar surface area (TPSA) is 67.7 Å². The quantitative estimate of drug-likeness (QED) is 0.692. The molecule has 1 aliphatic heterocycles. The minimum atomic E-state index is -0.242. The Morgan fingerprint density at radius 3 is 2.76 bits per heavy atom. The lowest BCUT2D eigenvalue weighted by atomic mass is 9.95. The largest absolute Gasteiger partial charge is 0.370 e. The van der Waals surface area contributed by atoms with Gasteiger partial charge in [0, 0.05) is 30.6 Å². The molecule has 2 aromatic carbocycles. The third-order valence-corrected chi connectivity index (χ3v) is 5.37. The predicted molar refractivity (Wildman–Crippen MR) is 112 cm³/mol. The lowest BCUT2D eigenvalue weighted by molar-refractivity contribution is 0.349. The minimum absolute atomic E-state index is 0.106. The molecule has 0 amide bonds. The number of aromatic nitrogens is 1. The molecule has 0 spiro atoms. The molecule has 0 aliphatic carbocycles. The maximum absolute atomic E-state index is 14.7. The summed E-state index contributed by atoms with van der Waals surface area (Å²) in [5, 5.41) is 4.19. The van der Waals surface area contributed by atoms with Gasteiger partial charge in [0.15, 0.2) is 5.96 Å². The van der Waals surface area contributed by atoms with Crippen LogP contribution in [0.3, 0.4) is 0 Å². The Balaban J connectivity index is 1.50. The average molecular weight is 392 g/mol. The zero-order valence-electron chi connectivity index (χ0n) is 16.5. The lowest BCUT2D eigenvalue weighted by Crippen LogP contribution is -2.36. The first kappa shape index (κ1) is 19.2. The van der Waals surface area contributed by atoms with Gasteiger partial charge in [0.25, 0.3) is 0 Å². The molecule has 1 aliphatic rings. The molecule has 0 saturated heterocycles. The van der Waals surface area contributed by atoms with E-state index in [2.05, 4.69) is 10.1 Å². The van der Waals surface area contributed by atoms with Crippen molar-refractivity contribution in [3.63, 3.8) is 0 Å². The normalized spacial score (nSPS) is 15.7. The third kappa shape index (κ3) is 4.31. The van der Waals surface area contributed by atoms with E-state index in [1.165, 1.54) is 0 Å². The van der Waals surface area contributed by atoms with Gasteiger partial charge in [-0.1, -0.05) is 54.5 Å². The molecule has 3 aromatic rings. The maximum Gasteiger partial charge on any atom is 0.191 e. The molecule has 5 nitrogen and oxygen atoms in total. The van der Waals surface area contributed by atoms with Crippen LogP contribution in [0.25, 0.3) is 11.1 Å². The molecular weight excluding hydrogens is 367 g/mol. The van der Waals surface area contributed by atoms with E-state index in [0.29, 0.717) is 23.8 Å². The first-order chi connectivity index (χ1) is 14.1. The van der Waals surface area contributed by atoms with Crippen LogP contribution < -0.4 is 5.73 Å². The molecule has 4 rings (SSSR count). The molecule has 6 heteroatoms. The lowest BCUT2D eigenvalue weighted by Gasteiger charge is -2.20. The number of halogens is 1. The molecule has 150 valence electrons. The first-order valence-corrected chi connectivity index (χ1v) is 9.97. The van der Waals surface area contributed by atoms with Crippen molar-refractivity contribution >= 4 is 5.96 Å². The fourth-order valence-corrected chi connectivity index (χ4v) is 3.60. The van der Waals surface area contributed by atoms with E-state index in [-0.39, 0.29) is 11.7 Å². The van der Waals surface area contributed by atoms with E-state index >= 15 is 0 Å². The Labute approximate surface area is 170 Å². The number of nitrogens with two attached hydrogens (primary N) is 1. The fraction of sp³-hybridized carbons (Fsp3) is 0.304. The van der Waals surface area contributed by atoms with Crippen molar-refractivity contribution in [1.29, 1.82) is 0 Å². The van der Waals surface area contributed by atoms with E-state index in [4.69, 9.17) is 10.3 Å². The van der Waals surface area contributed by atoms with Crippen LogP contribution in [-0.2, 0) is 6.54 Å². The summed E-state index contributed by atoms with van der Waals surface area (Å²) in [6.07, 6.45) is 2.10. The Kier molecular flexibility index (Phi) is 5.60. The molecule has 0 radical (unpaired) electrons. The van der Waals surface area contributed by atoms with Crippen LogP contribution >= 0.6 is 0 Å². The molecule has 2 heterocycles. The van der Waals surface area contributed by atoms with Crippen molar-refractivity contribution in [1.82, 2.24) is 10.1 Å². The highest BCUT2D eigenvalue weighted by Crippen LogP contribution is 2.30. The molecule has 1 unspecified atom stereocenters. The van der Waals surface area contributed by atoms with Crippen molar-refractivity contribution in [2.45, 2.75) is 32.2 Å². The van der Waals surface area contributed by atoms with E-state index < -0.39 is 0 Å². The summed E-state index contributed by atoms with van der Waals surface area (Å²) in [6.45, 7) is 4.18. The van der Waals surface area contributed by atoms with Gasteiger partial charge in [-0.2, -0.15) is 0 Å². The Bertz CT molecular complexity index is 999. The number of hydrogen-bond acceptors (Lipinski definition) is 5. The fourth-order valence-electron chi connectivity index (χ4n) is 3.60. The van der Waals surface area contributed by atoms with Gasteiger partial charge in [0.05, 0.1) is 6.54 Å². The monoisotopic (exact) mass is 392 g/mol. The zero-order chi connectivity index (χ0) is 20.2. The second-order valence-electron chi connectivity index (χ2n) is 7.42.